The molecule has 2 aromatic heterocycles. The number of aromatic nitrogens is 5. The van der Waals surface area contributed by atoms with Gasteiger partial charge in [0, 0.05) is 32.3 Å². The third-order valence-electron chi connectivity index (χ3n) is 4.32. The molecule has 1 aliphatic heterocycles. The average molecular weight is 316 g/mol. The van der Waals surface area contributed by atoms with Crippen molar-refractivity contribution in [3.63, 3.8) is 0 Å². The van der Waals surface area contributed by atoms with Crippen LogP contribution in [-0.2, 0) is 11.3 Å². The maximum Gasteiger partial charge on any atom is 0.224 e. The van der Waals surface area contributed by atoms with Crippen LogP contribution in [0.1, 0.15) is 42.5 Å². The molecule has 124 valence electrons. The third-order valence-corrected chi connectivity index (χ3v) is 4.32. The number of carbonyl (C=O) groups excluding carboxylic acids is 1. The molecule has 3 heterocycles. The molecular formula is C16H24N6O. The zero-order valence-electron chi connectivity index (χ0n) is 14.1. The summed E-state index contributed by atoms with van der Waals surface area (Å²) in [6.45, 7) is 8.07. The van der Waals surface area contributed by atoms with E-state index >= 15 is 0 Å². The van der Waals surface area contributed by atoms with Crippen molar-refractivity contribution in [2.75, 3.05) is 13.1 Å². The summed E-state index contributed by atoms with van der Waals surface area (Å²) in [5, 5.41) is 8.71. The molecule has 0 aromatic carbocycles. The molecule has 0 radical (unpaired) electrons. The van der Waals surface area contributed by atoms with Gasteiger partial charge in [0.25, 0.3) is 0 Å². The summed E-state index contributed by atoms with van der Waals surface area (Å²) in [5.41, 5.74) is 1.12. The van der Waals surface area contributed by atoms with E-state index in [4.69, 9.17) is 0 Å². The van der Waals surface area contributed by atoms with Gasteiger partial charge in [-0.2, -0.15) is 10.2 Å². The number of carbonyl (C=O) groups is 1. The summed E-state index contributed by atoms with van der Waals surface area (Å²) in [6.07, 6.45) is 6.33. The van der Waals surface area contributed by atoms with Gasteiger partial charge in [0.2, 0.25) is 5.91 Å². The maximum absolute atomic E-state index is 12.5. The van der Waals surface area contributed by atoms with Gasteiger partial charge in [-0.3, -0.25) is 9.48 Å². The molecule has 2 aromatic rings. The Bertz CT molecular complexity index is 689. The minimum absolute atomic E-state index is 0.192. The van der Waals surface area contributed by atoms with Crippen LogP contribution in [0.2, 0.25) is 0 Å². The molecule has 1 atom stereocenters. The summed E-state index contributed by atoms with van der Waals surface area (Å²) in [5.74, 6) is 1.91. The molecule has 7 heteroatoms. The molecule has 3 rings (SSSR count). The van der Waals surface area contributed by atoms with Crippen LogP contribution in [0.15, 0.2) is 12.4 Å². The van der Waals surface area contributed by atoms with Crippen molar-refractivity contribution in [3.8, 4) is 0 Å². The Hall–Kier alpha value is -2.18. The van der Waals surface area contributed by atoms with Gasteiger partial charge in [0.1, 0.15) is 11.6 Å². The van der Waals surface area contributed by atoms with Crippen molar-refractivity contribution >= 4 is 5.91 Å². The van der Waals surface area contributed by atoms with Crippen molar-refractivity contribution < 1.29 is 4.79 Å². The second-order valence-electron chi connectivity index (χ2n) is 6.32. The topological polar surface area (TPSA) is 68.8 Å². The lowest BCUT2D eigenvalue weighted by Gasteiger charge is -2.33. The monoisotopic (exact) mass is 316 g/mol. The first-order valence-corrected chi connectivity index (χ1v) is 8.19. The average Bonchev–Trinajstić information content (AvgIpc) is 3.10. The molecule has 0 unspecified atom stereocenters. The summed E-state index contributed by atoms with van der Waals surface area (Å²) in [6, 6.07) is 0.237. The molecule has 1 fully saturated rings. The normalized spacial score (nSPS) is 18.4. The van der Waals surface area contributed by atoms with E-state index in [2.05, 4.69) is 15.2 Å². The fourth-order valence-corrected chi connectivity index (χ4v) is 3.22. The zero-order chi connectivity index (χ0) is 16.4. The summed E-state index contributed by atoms with van der Waals surface area (Å²) in [7, 11) is 0. The predicted octanol–water partition coefficient (Wildman–Crippen LogP) is 1.65. The SMILES string of the molecule is Cc1cnn(CCC(=O)N2CCC[C@H](n3nc(C)nc3C)C2)c1. The summed E-state index contributed by atoms with van der Waals surface area (Å²) >= 11 is 0. The predicted molar refractivity (Wildman–Crippen MR) is 85.9 cm³/mol. The highest BCUT2D eigenvalue weighted by atomic mass is 16.2. The van der Waals surface area contributed by atoms with Crippen molar-refractivity contribution in [2.45, 2.75) is 52.6 Å². The number of hydrogen-bond acceptors (Lipinski definition) is 4. The van der Waals surface area contributed by atoms with Crippen molar-refractivity contribution in [1.82, 2.24) is 29.4 Å². The van der Waals surface area contributed by atoms with Crippen molar-refractivity contribution in [2.24, 2.45) is 0 Å². The minimum Gasteiger partial charge on any atom is -0.340 e. The highest BCUT2D eigenvalue weighted by molar-refractivity contribution is 5.76. The zero-order valence-corrected chi connectivity index (χ0v) is 14.1. The smallest absolute Gasteiger partial charge is 0.224 e. The van der Waals surface area contributed by atoms with Gasteiger partial charge in [-0.05, 0) is 39.2 Å². The molecule has 0 aliphatic carbocycles. The van der Waals surface area contributed by atoms with Crippen LogP contribution in [0.3, 0.4) is 0 Å². The molecule has 1 aliphatic rings. The van der Waals surface area contributed by atoms with Gasteiger partial charge in [-0.15, -0.1) is 0 Å². The second-order valence-corrected chi connectivity index (χ2v) is 6.32. The Balaban J connectivity index is 1.59. The quantitative estimate of drug-likeness (QED) is 0.860. The molecule has 7 nitrogen and oxygen atoms in total. The van der Waals surface area contributed by atoms with Crippen LogP contribution in [0.25, 0.3) is 0 Å². The van der Waals surface area contributed by atoms with Crippen LogP contribution >= 0.6 is 0 Å². The number of amides is 1. The molecule has 1 amide bonds. The van der Waals surface area contributed by atoms with E-state index in [0.29, 0.717) is 13.0 Å². The number of aryl methyl sites for hydroxylation is 4. The standard InChI is InChI=1S/C16H24N6O/c1-12-9-17-21(10-12)8-6-16(23)20-7-4-5-15(11-20)22-14(3)18-13(2)19-22/h9-10,15H,4-8,11H2,1-3H3/t15-/m0/s1. The number of piperidine rings is 1. The lowest BCUT2D eigenvalue weighted by molar-refractivity contribution is -0.133. The molecule has 1 saturated heterocycles. The van der Waals surface area contributed by atoms with E-state index < -0.39 is 0 Å². The van der Waals surface area contributed by atoms with E-state index in [1.807, 2.05) is 47.4 Å². The summed E-state index contributed by atoms with van der Waals surface area (Å²) < 4.78 is 3.81. The van der Waals surface area contributed by atoms with E-state index in [1.54, 1.807) is 0 Å². The Kier molecular flexibility index (Phi) is 4.45. The van der Waals surface area contributed by atoms with Gasteiger partial charge in [0.15, 0.2) is 0 Å². The van der Waals surface area contributed by atoms with Gasteiger partial charge < -0.3 is 4.90 Å². The van der Waals surface area contributed by atoms with Gasteiger partial charge in [-0.25, -0.2) is 9.67 Å². The maximum atomic E-state index is 12.5. The van der Waals surface area contributed by atoms with E-state index in [0.717, 1.165) is 43.1 Å². The van der Waals surface area contributed by atoms with Crippen LogP contribution in [0, 0.1) is 20.8 Å². The Morgan fingerprint density at radius 1 is 1.35 bits per heavy atom. The molecule has 0 N–H and O–H groups in total. The fourth-order valence-electron chi connectivity index (χ4n) is 3.22. The number of nitrogens with zero attached hydrogens (tertiary/aromatic N) is 6. The molecule has 0 bridgehead atoms. The fraction of sp³-hybridized carbons (Fsp3) is 0.625. The Morgan fingerprint density at radius 3 is 2.83 bits per heavy atom. The highest BCUT2D eigenvalue weighted by Gasteiger charge is 2.26. The van der Waals surface area contributed by atoms with Gasteiger partial charge >= 0.3 is 0 Å². The molecular weight excluding hydrogens is 292 g/mol. The van der Waals surface area contributed by atoms with Gasteiger partial charge in [0.05, 0.1) is 12.2 Å². The first kappa shape index (κ1) is 15.7. The number of hydrogen-bond donors (Lipinski definition) is 0. The molecule has 23 heavy (non-hydrogen) atoms. The van der Waals surface area contributed by atoms with Crippen LogP contribution < -0.4 is 0 Å². The lowest BCUT2D eigenvalue weighted by atomic mass is 10.1. The Morgan fingerprint density at radius 2 is 2.17 bits per heavy atom. The first-order valence-electron chi connectivity index (χ1n) is 8.19. The van der Waals surface area contributed by atoms with Crippen LogP contribution in [0.4, 0.5) is 0 Å². The largest absolute Gasteiger partial charge is 0.340 e. The minimum atomic E-state index is 0.192. The Labute approximate surface area is 136 Å². The van der Waals surface area contributed by atoms with Crippen LogP contribution in [-0.4, -0.2) is 48.4 Å². The molecule has 0 saturated carbocycles. The molecule has 0 spiro atoms. The third kappa shape index (κ3) is 3.60. The van der Waals surface area contributed by atoms with E-state index in [9.17, 15) is 4.79 Å². The van der Waals surface area contributed by atoms with Crippen LogP contribution in [0.5, 0.6) is 0 Å². The first-order chi connectivity index (χ1) is 11.0. The number of likely N-dealkylation sites (tertiary alicyclic amines) is 1. The lowest BCUT2D eigenvalue weighted by Crippen LogP contribution is -2.41. The van der Waals surface area contributed by atoms with E-state index in [1.165, 1.54) is 0 Å². The van der Waals surface area contributed by atoms with Crippen molar-refractivity contribution in [1.29, 1.82) is 0 Å². The highest BCUT2D eigenvalue weighted by Crippen LogP contribution is 2.22. The number of rotatable bonds is 4. The summed E-state index contributed by atoms with van der Waals surface area (Å²) in [4.78, 5) is 18.8. The second kappa shape index (κ2) is 6.52. The van der Waals surface area contributed by atoms with E-state index in [-0.39, 0.29) is 11.9 Å². The van der Waals surface area contributed by atoms with Crippen molar-refractivity contribution in [3.05, 3.63) is 29.6 Å². The van der Waals surface area contributed by atoms with Gasteiger partial charge in [-0.1, -0.05) is 0 Å².